The standard InChI is InChI=1S/C53H32N4S.C2H6/c1-2-11-33(12-3-1)35-21-24-36(25-22-35)51-54-52(41-26-23-34-13-4-5-14-37(34)29-41)56-53(55-51)57-47-31-39-16-7-6-15-38(39)30-46(47)45-19-10-18-42(50(45)57)40-27-28-44-43-17-8-9-20-48(43)58-49(44)32-40;1-2/h1-32H;1-2H3. The molecule has 0 aliphatic rings. The zero-order chi connectivity index (χ0) is 40.2. The second kappa shape index (κ2) is 14.7. The van der Waals surface area contributed by atoms with Crippen molar-refractivity contribution in [3.63, 3.8) is 0 Å². The second-order valence-electron chi connectivity index (χ2n) is 14.9. The normalized spacial score (nSPS) is 11.5. The topological polar surface area (TPSA) is 43.6 Å². The van der Waals surface area contributed by atoms with Crippen LogP contribution in [-0.4, -0.2) is 19.5 Å². The Balaban J connectivity index is 0.00000201. The molecule has 0 spiro atoms. The summed E-state index contributed by atoms with van der Waals surface area (Å²) in [7, 11) is 0. The summed E-state index contributed by atoms with van der Waals surface area (Å²) in [5.74, 6) is 1.82. The Morgan fingerprint density at radius 3 is 1.75 bits per heavy atom. The highest BCUT2D eigenvalue weighted by Crippen LogP contribution is 2.42. The van der Waals surface area contributed by atoms with Crippen molar-refractivity contribution in [1.82, 2.24) is 19.5 Å². The Hall–Kier alpha value is -7.47. The number of hydrogen-bond donors (Lipinski definition) is 0. The van der Waals surface area contributed by atoms with Gasteiger partial charge in [-0.3, -0.25) is 4.57 Å². The van der Waals surface area contributed by atoms with Gasteiger partial charge in [0.25, 0.3) is 0 Å². The average Bonchev–Trinajstić information content (AvgIpc) is 3.86. The number of thiophene rings is 1. The summed E-state index contributed by atoms with van der Waals surface area (Å²) in [6, 6.07) is 69.3. The third-order valence-corrected chi connectivity index (χ3v) is 12.6. The van der Waals surface area contributed by atoms with Crippen molar-refractivity contribution in [2.75, 3.05) is 0 Å². The minimum atomic E-state index is 0.575. The third kappa shape index (κ3) is 6.02. The average molecular weight is 787 g/mol. The van der Waals surface area contributed by atoms with Crippen LogP contribution in [0.4, 0.5) is 0 Å². The molecule has 0 amide bonds. The number of hydrogen-bond acceptors (Lipinski definition) is 4. The van der Waals surface area contributed by atoms with Crippen LogP contribution in [0.1, 0.15) is 13.8 Å². The predicted octanol–water partition coefficient (Wildman–Crippen LogP) is 15.3. The molecule has 60 heavy (non-hydrogen) atoms. The molecule has 0 aliphatic carbocycles. The molecule has 0 radical (unpaired) electrons. The second-order valence-corrected chi connectivity index (χ2v) is 15.9. The maximum Gasteiger partial charge on any atom is 0.238 e. The van der Waals surface area contributed by atoms with E-state index in [1.54, 1.807) is 0 Å². The summed E-state index contributed by atoms with van der Waals surface area (Å²) in [5, 5.41) is 9.54. The summed E-state index contributed by atoms with van der Waals surface area (Å²) in [4.78, 5) is 16.0. The van der Waals surface area contributed by atoms with Crippen LogP contribution in [0.25, 0.3) is 115 Å². The van der Waals surface area contributed by atoms with Gasteiger partial charge >= 0.3 is 0 Å². The van der Waals surface area contributed by atoms with Crippen molar-refractivity contribution in [2.45, 2.75) is 13.8 Å². The Morgan fingerprint density at radius 1 is 0.367 bits per heavy atom. The minimum absolute atomic E-state index is 0.575. The summed E-state index contributed by atoms with van der Waals surface area (Å²) < 4.78 is 4.84. The fourth-order valence-corrected chi connectivity index (χ4v) is 9.72. The molecule has 0 unspecified atom stereocenters. The van der Waals surface area contributed by atoms with Crippen LogP contribution in [0.2, 0.25) is 0 Å². The molecule has 4 nitrogen and oxygen atoms in total. The molecule has 5 heteroatoms. The smallest absolute Gasteiger partial charge is 0.238 e. The molecule has 3 aromatic heterocycles. The zero-order valence-corrected chi connectivity index (χ0v) is 34.0. The van der Waals surface area contributed by atoms with Crippen LogP contribution in [0.3, 0.4) is 0 Å². The van der Waals surface area contributed by atoms with Crippen LogP contribution in [0.5, 0.6) is 0 Å². The van der Waals surface area contributed by atoms with Crippen molar-refractivity contribution in [2.24, 2.45) is 0 Å². The van der Waals surface area contributed by atoms with Crippen molar-refractivity contribution in [3.8, 4) is 51.0 Å². The van der Waals surface area contributed by atoms with E-state index in [0.717, 1.165) is 60.4 Å². The van der Waals surface area contributed by atoms with Gasteiger partial charge in [-0.05, 0) is 68.6 Å². The minimum Gasteiger partial charge on any atom is -0.277 e. The molecule has 0 saturated carbocycles. The number of para-hydroxylation sites is 1. The molecule has 0 saturated heterocycles. The number of benzene rings is 9. The van der Waals surface area contributed by atoms with Crippen molar-refractivity contribution < 1.29 is 0 Å². The molecule has 0 bridgehead atoms. The molecule has 0 fully saturated rings. The van der Waals surface area contributed by atoms with E-state index >= 15 is 0 Å². The first kappa shape index (κ1) is 35.7. The first-order valence-electron chi connectivity index (χ1n) is 20.5. The van der Waals surface area contributed by atoms with E-state index in [4.69, 9.17) is 15.0 Å². The van der Waals surface area contributed by atoms with Gasteiger partial charge in [0, 0.05) is 47.6 Å². The molecule has 12 aromatic rings. The van der Waals surface area contributed by atoms with E-state index in [1.165, 1.54) is 36.5 Å². The zero-order valence-electron chi connectivity index (χ0n) is 33.2. The summed E-state index contributed by atoms with van der Waals surface area (Å²) in [5.41, 5.74) is 8.55. The van der Waals surface area contributed by atoms with Crippen LogP contribution in [0.15, 0.2) is 194 Å². The quantitative estimate of drug-likeness (QED) is 0.174. The summed E-state index contributed by atoms with van der Waals surface area (Å²) in [6.45, 7) is 4.00. The van der Waals surface area contributed by atoms with Crippen molar-refractivity contribution in [1.29, 1.82) is 0 Å². The molecule has 0 atom stereocenters. The van der Waals surface area contributed by atoms with Gasteiger partial charge in [-0.15, -0.1) is 11.3 Å². The van der Waals surface area contributed by atoms with Gasteiger partial charge < -0.3 is 0 Å². The van der Waals surface area contributed by atoms with Gasteiger partial charge in [-0.25, -0.2) is 4.98 Å². The lowest BCUT2D eigenvalue weighted by Crippen LogP contribution is -2.07. The third-order valence-electron chi connectivity index (χ3n) is 11.4. The first-order valence-corrected chi connectivity index (χ1v) is 21.3. The first-order chi connectivity index (χ1) is 29.7. The van der Waals surface area contributed by atoms with Crippen LogP contribution in [-0.2, 0) is 0 Å². The van der Waals surface area contributed by atoms with Crippen LogP contribution < -0.4 is 0 Å². The Labute approximate surface area is 351 Å². The summed E-state index contributed by atoms with van der Waals surface area (Å²) >= 11 is 1.84. The highest BCUT2D eigenvalue weighted by molar-refractivity contribution is 7.25. The summed E-state index contributed by atoms with van der Waals surface area (Å²) in [6.07, 6.45) is 0. The van der Waals surface area contributed by atoms with E-state index in [1.807, 2.05) is 31.3 Å². The molecule has 0 N–H and O–H groups in total. The molecular weight excluding hydrogens is 749 g/mol. The van der Waals surface area contributed by atoms with Crippen molar-refractivity contribution >= 4 is 74.9 Å². The Kier molecular flexibility index (Phi) is 8.75. The van der Waals surface area contributed by atoms with Gasteiger partial charge in [0.05, 0.1) is 11.0 Å². The lowest BCUT2D eigenvalue weighted by Gasteiger charge is -2.14. The van der Waals surface area contributed by atoms with Crippen molar-refractivity contribution in [3.05, 3.63) is 194 Å². The molecule has 12 rings (SSSR count). The Morgan fingerprint density at radius 2 is 0.950 bits per heavy atom. The fourth-order valence-electron chi connectivity index (χ4n) is 8.58. The predicted molar refractivity (Wildman–Crippen MR) is 255 cm³/mol. The molecular formula is C55H38N4S. The number of fused-ring (bicyclic) bond motifs is 8. The largest absolute Gasteiger partial charge is 0.277 e. The van der Waals surface area contributed by atoms with Gasteiger partial charge in [0.1, 0.15) is 0 Å². The molecule has 0 aliphatic heterocycles. The van der Waals surface area contributed by atoms with E-state index in [-0.39, 0.29) is 0 Å². The van der Waals surface area contributed by atoms with E-state index in [0.29, 0.717) is 17.6 Å². The molecule has 9 aromatic carbocycles. The van der Waals surface area contributed by atoms with Gasteiger partial charge in [0.15, 0.2) is 11.6 Å². The molecule has 3 heterocycles. The SMILES string of the molecule is CC.c1ccc(-c2ccc(-c3nc(-c4ccc5ccccc5c4)nc(-n4c5cc6ccccc6cc5c5cccc(-c6ccc7c(c6)sc6ccccc67)c54)n3)cc2)cc1. The number of nitrogens with zero attached hydrogens (tertiary/aromatic N) is 4. The van der Waals surface area contributed by atoms with Crippen LogP contribution >= 0.6 is 11.3 Å². The lowest BCUT2D eigenvalue weighted by atomic mass is 10.00. The maximum atomic E-state index is 5.38. The van der Waals surface area contributed by atoms with Crippen LogP contribution in [0, 0.1) is 0 Å². The van der Waals surface area contributed by atoms with E-state index in [9.17, 15) is 0 Å². The highest BCUT2D eigenvalue weighted by Gasteiger charge is 2.22. The van der Waals surface area contributed by atoms with Gasteiger partial charge in [-0.2, -0.15) is 9.97 Å². The van der Waals surface area contributed by atoms with E-state index < -0.39 is 0 Å². The molecule has 284 valence electrons. The lowest BCUT2D eigenvalue weighted by molar-refractivity contribution is 0.954. The van der Waals surface area contributed by atoms with Gasteiger partial charge in [-0.1, -0.05) is 178 Å². The maximum absolute atomic E-state index is 5.38. The Bertz CT molecular complexity index is 3560. The number of rotatable bonds is 5. The highest BCUT2D eigenvalue weighted by atomic mass is 32.1. The van der Waals surface area contributed by atoms with Gasteiger partial charge in [0.2, 0.25) is 5.95 Å². The number of aromatic nitrogens is 4. The fraction of sp³-hybridized carbons (Fsp3) is 0.0364. The van der Waals surface area contributed by atoms with E-state index in [2.05, 4.69) is 193 Å². The monoisotopic (exact) mass is 786 g/mol.